The van der Waals surface area contributed by atoms with Crippen LogP contribution in [0, 0.1) is 0 Å². The molecule has 0 saturated heterocycles. The van der Waals surface area contributed by atoms with Gasteiger partial charge in [0.2, 0.25) is 5.95 Å². The molecule has 0 amide bonds. The largest absolute Gasteiger partial charge is 0.300 e. The summed E-state index contributed by atoms with van der Waals surface area (Å²) >= 11 is 0. The van der Waals surface area contributed by atoms with Crippen molar-refractivity contribution < 1.29 is 0 Å². The van der Waals surface area contributed by atoms with E-state index in [4.69, 9.17) is 0 Å². The predicted molar refractivity (Wildman–Crippen MR) is 91.9 cm³/mol. The first-order chi connectivity index (χ1) is 11.2. The summed E-state index contributed by atoms with van der Waals surface area (Å²) in [5.41, 5.74) is 1.26. The number of aromatic nitrogens is 4. The highest BCUT2D eigenvalue weighted by Crippen LogP contribution is 2.29. The average Bonchev–Trinajstić information content (AvgIpc) is 2.98. The second-order valence-corrected chi connectivity index (χ2v) is 5.54. The maximum atomic E-state index is 4.45. The molecule has 1 atom stereocenters. The quantitative estimate of drug-likeness (QED) is 0.723. The van der Waals surface area contributed by atoms with Crippen LogP contribution in [0.25, 0.3) is 0 Å². The lowest BCUT2D eigenvalue weighted by Gasteiger charge is -2.19. The minimum atomic E-state index is 0.236. The zero-order valence-corrected chi connectivity index (χ0v) is 13.7. The van der Waals surface area contributed by atoms with Gasteiger partial charge in [-0.2, -0.15) is 0 Å². The van der Waals surface area contributed by atoms with Crippen LogP contribution in [0.15, 0.2) is 54.7 Å². The van der Waals surface area contributed by atoms with Crippen molar-refractivity contribution in [1.29, 1.82) is 0 Å². The molecule has 1 unspecified atom stereocenters. The van der Waals surface area contributed by atoms with E-state index < -0.39 is 0 Å². The standard InChI is InChI=1S/C18H21N5/c1-4-15(14-10-6-5-7-11-14)17-20-21-18(23(17)3)22(2)16-12-8-9-13-19-16/h5-13,15H,4H2,1-3H3. The Bertz CT molecular complexity index is 752. The predicted octanol–water partition coefficient (Wildman–Crippen LogP) is 3.52. The summed E-state index contributed by atoms with van der Waals surface area (Å²) in [5.74, 6) is 2.84. The van der Waals surface area contributed by atoms with E-state index in [1.54, 1.807) is 6.20 Å². The zero-order valence-electron chi connectivity index (χ0n) is 13.7. The molecule has 0 spiro atoms. The van der Waals surface area contributed by atoms with E-state index in [1.807, 2.05) is 43.3 Å². The molecule has 3 rings (SSSR count). The first-order valence-electron chi connectivity index (χ1n) is 7.81. The minimum Gasteiger partial charge on any atom is -0.300 e. The first-order valence-corrected chi connectivity index (χ1v) is 7.81. The molecular weight excluding hydrogens is 286 g/mol. The van der Waals surface area contributed by atoms with E-state index in [2.05, 4.69) is 50.9 Å². The van der Waals surface area contributed by atoms with Crippen molar-refractivity contribution in [2.24, 2.45) is 7.05 Å². The molecule has 0 bridgehead atoms. The Morgan fingerprint density at radius 3 is 2.43 bits per heavy atom. The molecule has 23 heavy (non-hydrogen) atoms. The smallest absolute Gasteiger partial charge is 0.232 e. The van der Waals surface area contributed by atoms with Gasteiger partial charge in [-0.15, -0.1) is 10.2 Å². The molecule has 1 aromatic carbocycles. The second kappa shape index (κ2) is 6.60. The summed E-state index contributed by atoms with van der Waals surface area (Å²) in [6, 6.07) is 16.3. The van der Waals surface area contributed by atoms with Crippen LogP contribution < -0.4 is 4.90 Å². The van der Waals surface area contributed by atoms with Crippen LogP contribution in [-0.2, 0) is 7.05 Å². The van der Waals surface area contributed by atoms with Gasteiger partial charge in [-0.1, -0.05) is 43.3 Å². The van der Waals surface area contributed by atoms with Crippen LogP contribution in [0.1, 0.15) is 30.7 Å². The van der Waals surface area contributed by atoms with Gasteiger partial charge in [0.1, 0.15) is 11.6 Å². The lowest BCUT2D eigenvalue weighted by atomic mass is 9.96. The van der Waals surface area contributed by atoms with Gasteiger partial charge in [-0.25, -0.2) is 4.98 Å². The number of rotatable bonds is 5. The van der Waals surface area contributed by atoms with Gasteiger partial charge < -0.3 is 0 Å². The molecule has 3 aromatic rings. The molecule has 2 aromatic heterocycles. The van der Waals surface area contributed by atoms with Gasteiger partial charge in [0.15, 0.2) is 0 Å². The van der Waals surface area contributed by atoms with Crippen molar-refractivity contribution in [3.05, 3.63) is 66.1 Å². The molecule has 0 radical (unpaired) electrons. The SMILES string of the molecule is CCC(c1ccccc1)c1nnc(N(C)c2ccccn2)n1C. The number of anilines is 2. The van der Waals surface area contributed by atoms with Crippen LogP contribution in [0.4, 0.5) is 11.8 Å². The highest BCUT2D eigenvalue weighted by molar-refractivity contribution is 5.51. The lowest BCUT2D eigenvalue weighted by Crippen LogP contribution is -2.17. The van der Waals surface area contributed by atoms with Crippen molar-refractivity contribution in [3.63, 3.8) is 0 Å². The Hall–Kier alpha value is -2.69. The number of benzene rings is 1. The third-order valence-corrected chi connectivity index (χ3v) is 4.10. The third-order valence-electron chi connectivity index (χ3n) is 4.10. The number of hydrogen-bond acceptors (Lipinski definition) is 4. The van der Waals surface area contributed by atoms with Gasteiger partial charge in [-0.05, 0) is 24.1 Å². The summed E-state index contributed by atoms with van der Waals surface area (Å²) in [6.07, 6.45) is 2.76. The van der Waals surface area contributed by atoms with E-state index in [9.17, 15) is 0 Å². The van der Waals surface area contributed by atoms with Gasteiger partial charge in [-0.3, -0.25) is 9.47 Å². The Morgan fingerprint density at radius 2 is 1.78 bits per heavy atom. The van der Waals surface area contributed by atoms with Crippen LogP contribution >= 0.6 is 0 Å². The molecule has 0 saturated carbocycles. The Balaban J connectivity index is 1.96. The molecule has 0 aliphatic carbocycles. The molecule has 5 heteroatoms. The highest BCUT2D eigenvalue weighted by Gasteiger charge is 2.21. The normalized spacial score (nSPS) is 12.1. The average molecular weight is 307 g/mol. The summed E-state index contributed by atoms with van der Waals surface area (Å²) < 4.78 is 2.05. The third kappa shape index (κ3) is 2.95. The Kier molecular flexibility index (Phi) is 4.37. The summed E-state index contributed by atoms with van der Waals surface area (Å²) in [6.45, 7) is 2.18. The lowest BCUT2D eigenvalue weighted by molar-refractivity contribution is 0.670. The number of pyridine rings is 1. The van der Waals surface area contributed by atoms with E-state index in [0.717, 1.165) is 24.0 Å². The zero-order chi connectivity index (χ0) is 16.2. The first kappa shape index (κ1) is 15.2. The summed E-state index contributed by atoms with van der Waals surface area (Å²) in [7, 11) is 3.97. The number of nitrogens with zero attached hydrogens (tertiary/aromatic N) is 5. The van der Waals surface area contributed by atoms with Crippen molar-refractivity contribution in [2.45, 2.75) is 19.3 Å². The van der Waals surface area contributed by atoms with Gasteiger partial charge in [0.05, 0.1) is 0 Å². The molecule has 0 aliphatic heterocycles. The van der Waals surface area contributed by atoms with Crippen LogP contribution in [0.5, 0.6) is 0 Å². The molecular formula is C18H21N5. The monoisotopic (exact) mass is 307 g/mol. The fraction of sp³-hybridized carbons (Fsp3) is 0.278. The van der Waals surface area contributed by atoms with Crippen molar-refractivity contribution in [3.8, 4) is 0 Å². The van der Waals surface area contributed by atoms with Gasteiger partial charge in [0.25, 0.3) is 0 Å². The summed E-state index contributed by atoms with van der Waals surface area (Å²) in [5, 5.41) is 8.84. The van der Waals surface area contributed by atoms with E-state index in [-0.39, 0.29) is 5.92 Å². The minimum absolute atomic E-state index is 0.236. The van der Waals surface area contributed by atoms with Crippen LogP contribution in [-0.4, -0.2) is 26.8 Å². The van der Waals surface area contributed by atoms with Crippen LogP contribution in [0.3, 0.4) is 0 Å². The molecule has 5 nitrogen and oxygen atoms in total. The fourth-order valence-corrected chi connectivity index (χ4v) is 2.84. The number of hydrogen-bond donors (Lipinski definition) is 0. The van der Waals surface area contributed by atoms with Gasteiger partial charge in [0, 0.05) is 26.2 Å². The van der Waals surface area contributed by atoms with Gasteiger partial charge >= 0.3 is 0 Å². The highest BCUT2D eigenvalue weighted by atomic mass is 15.4. The molecule has 2 heterocycles. The molecule has 0 N–H and O–H groups in total. The maximum Gasteiger partial charge on any atom is 0.232 e. The maximum absolute atomic E-state index is 4.45. The fourth-order valence-electron chi connectivity index (χ4n) is 2.84. The Labute approximate surface area is 136 Å². The summed E-state index contributed by atoms with van der Waals surface area (Å²) in [4.78, 5) is 6.33. The van der Waals surface area contributed by atoms with Crippen molar-refractivity contribution >= 4 is 11.8 Å². The Morgan fingerprint density at radius 1 is 1.04 bits per heavy atom. The van der Waals surface area contributed by atoms with Crippen molar-refractivity contribution in [1.82, 2.24) is 19.7 Å². The van der Waals surface area contributed by atoms with Crippen LogP contribution in [0.2, 0.25) is 0 Å². The van der Waals surface area contributed by atoms with E-state index in [1.165, 1.54) is 5.56 Å². The second-order valence-electron chi connectivity index (χ2n) is 5.54. The molecule has 118 valence electrons. The van der Waals surface area contributed by atoms with Crippen molar-refractivity contribution in [2.75, 3.05) is 11.9 Å². The topological polar surface area (TPSA) is 46.8 Å². The molecule has 0 fully saturated rings. The molecule has 0 aliphatic rings. The van der Waals surface area contributed by atoms with E-state index in [0.29, 0.717) is 0 Å². The van der Waals surface area contributed by atoms with E-state index >= 15 is 0 Å².